The number of carboxylic acid groups (broad SMARTS) is 1. The lowest BCUT2D eigenvalue weighted by Crippen LogP contribution is -2.68. The molecule has 2 spiro atoms. The number of aliphatic carboxylic acids is 1. The minimum atomic E-state index is -0.815. The van der Waals surface area contributed by atoms with Crippen molar-refractivity contribution in [2.24, 2.45) is 68.5 Å². The summed E-state index contributed by atoms with van der Waals surface area (Å²) in [6, 6.07) is 18.4. The summed E-state index contributed by atoms with van der Waals surface area (Å²) in [5, 5.41) is 58.1. The molecule has 3 fully saturated rings. The summed E-state index contributed by atoms with van der Waals surface area (Å²) < 4.78 is 0. The minimum absolute atomic E-state index is 0.108. The predicted molar refractivity (Wildman–Crippen MR) is 293 cm³/mol. The van der Waals surface area contributed by atoms with Crippen molar-refractivity contribution < 1.29 is 25.2 Å². The highest BCUT2D eigenvalue weighted by Gasteiger charge is 2.75. The summed E-state index contributed by atoms with van der Waals surface area (Å²) in [6.45, 7) is 13.5. The van der Waals surface area contributed by atoms with Crippen LogP contribution in [0.4, 0.5) is 0 Å². The van der Waals surface area contributed by atoms with Crippen LogP contribution in [-0.2, 0) is 11.2 Å². The molecule has 12 unspecified atom stereocenters. The first-order chi connectivity index (χ1) is 35.1. The topological polar surface area (TPSA) is 122 Å². The van der Waals surface area contributed by atoms with Crippen molar-refractivity contribution in [2.45, 2.75) is 162 Å². The zero-order chi connectivity index (χ0) is 50.7. The largest absolute Gasteiger partial charge is 0.516 e. The standard InChI is InChI=1S/C66H84N2O5/c1-40(2)31-47-24-27-62(3)57(71)26-29-66-53-25-28-63(4)59-50(60(72)73)22-20-46(39-69)48(42-14-7-6-8-15-42)19-12-30-67-58-23-21-45(38-68-58)43-17-11-13-41(32-43)33-51-49-18-10-9-16-44(49)34-54(66)52(51)35-65(47,61(62)66)36-55(53)64(63,5)37-56(59)70/h9-11,13,16-18,21,23-24,32,34-35,39-40,42,48,50,54,56-57,59,61,67-71H,6-8,12,14-15,19-20,22,25-31,33,36-38H2,1-5H3,(H,72,73). The maximum atomic E-state index is 14.0. The average molecular weight is 985 g/mol. The number of carbonyl (C=O) groups is 1. The van der Waals surface area contributed by atoms with E-state index in [1.807, 2.05) is 0 Å². The van der Waals surface area contributed by atoms with E-state index in [0.29, 0.717) is 31.1 Å². The van der Waals surface area contributed by atoms with Crippen LogP contribution in [0.5, 0.6) is 0 Å². The van der Waals surface area contributed by atoms with Crippen LogP contribution in [0.25, 0.3) is 17.2 Å². The van der Waals surface area contributed by atoms with Crippen LogP contribution in [0.15, 0.2) is 113 Å². The number of nitrogens with one attached hydrogen (secondary N) is 2. The van der Waals surface area contributed by atoms with Gasteiger partial charge in [-0.1, -0.05) is 143 Å². The lowest BCUT2D eigenvalue weighted by atomic mass is 9.30. The van der Waals surface area contributed by atoms with Crippen LogP contribution in [0, 0.1) is 68.5 Å². The van der Waals surface area contributed by atoms with Gasteiger partial charge in [-0.05, 0) is 181 Å². The Bertz CT molecular complexity index is 2890. The summed E-state index contributed by atoms with van der Waals surface area (Å²) in [4.78, 5) is 14.0. The van der Waals surface area contributed by atoms with E-state index in [4.69, 9.17) is 0 Å². The molecule has 3 saturated carbocycles. The monoisotopic (exact) mass is 985 g/mol. The molecule has 2 aromatic rings. The number of benzene rings is 2. The van der Waals surface area contributed by atoms with Crippen molar-refractivity contribution in [3.05, 3.63) is 134 Å². The molecule has 6 N–H and O–H groups in total. The molecule has 14 bridgehead atoms. The average Bonchev–Trinajstić information content (AvgIpc) is 3.63. The van der Waals surface area contributed by atoms with E-state index in [1.165, 1.54) is 75.0 Å². The van der Waals surface area contributed by atoms with Gasteiger partial charge in [0.15, 0.2) is 0 Å². The van der Waals surface area contributed by atoms with Crippen molar-refractivity contribution in [3.63, 3.8) is 0 Å². The summed E-state index contributed by atoms with van der Waals surface area (Å²) in [6.07, 6.45) is 28.9. The highest BCUT2D eigenvalue weighted by molar-refractivity contribution is 5.78. The SMILES string of the molecule is CC(C)CC1=CCC2(C)C(O)CCC34C5=C6CC1(C=C1C(=c7ccccc7=CC13)Cc1cccc(c1)C1=CC=C(NCCCC(C3CCCCC3)C(=CO)CCC(C(=O)O)C3C(O)CC6(C)C3(C)CC5)NC1)C24. The van der Waals surface area contributed by atoms with E-state index in [-0.39, 0.29) is 34.0 Å². The summed E-state index contributed by atoms with van der Waals surface area (Å²) >= 11 is 0. The summed E-state index contributed by atoms with van der Waals surface area (Å²) in [5.74, 6) is 0.460. The van der Waals surface area contributed by atoms with Crippen LogP contribution in [0.2, 0.25) is 0 Å². The summed E-state index contributed by atoms with van der Waals surface area (Å²) in [5.41, 5.74) is 10.5. The first-order valence-electron chi connectivity index (χ1n) is 29.0. The number of fused-ring (bicyclic) bond motifs is 1. The predicted octanol–water partition coefficient (Wildman–Crippen LogP) is 11.8. The number of aliphatic hydroxyl groups excluding tert-OH is 3. The number of hydrogen-bond donors (Lipinski definition) is 6. The third-order valence-corrected chi connectivity index (χ3v) is 22.5. The molecular weight excluding hydrogens is 901 g/mol. The molecule has 6 heterocycles. The third-order valence-electron chi connectivity index (χ3n) is 22.5. The van der Waals surface area contributed by atoms with Crippen molar-refractivity contribution in [1.29, 1.82) is 0 Å². The molecule has 0 saturated heterocycles. The maximum absolute atomic E-state index is 14.0. The molecule has 8 aliphatic carbocycles. The van der Waals surface area contributed by atoms with Gasteiger partial charge in [-0.15, -0.1) is 0 Å². The molecule has 2 aromatic carbocycles. The molecule has 0 amide bonds. The number of carboxylic acids is 1. The van der Waals surface area contributed by atoms with E-state index in [1.54, 1.807) is 5.57 Å². The van der Waals surface area contributed by atoms with Gasteiger partial charge in [0.1, 0.15) is 0 Å². The van der Waals surface area contributed by atoms with Crippen LogP contribution >= 0.6 is 0 Å². The first-order valence-corrected chi connectivity index (χ1v) is 29.0. The van der Waals surface area contributed by atoms with Crippen LogP contribution in [-0.4, -0.2) is 51.7 Å². The lowest BCUT2D eigenvalue weighted by molar-refractivity contribution is -0.164. The van der Waals surface area contributed by atoms with Gasteiger partial charge in [-0.2, -0.15) is 0 Å². The number of hydrogen-bond acceptors (Lipinski definition) is 6. The van der Waals surface area contributed by atoms with Gasteiger partial charge in [0.25, 0.3) is 0 Å². The Balaban J connectivity index is 1.06. The second-order valence-corrected chi connectivity index (χ2v) is 26.4. The zero-order valence-corrected chi connectivity index (χ0v) is 44.6. The van der Waals surface area contributed by atoms with Crippen molar-refractivity contribution in [2.75, 3.05) is 13.1 Å². The third kappa shape index (κ3) is 7.48. The van der Waals surface area contributed by atoms with Crippen molar-refractivity contribution >= 4 is 23.2 Å². The Hall–Kier alpha value is -4.59. The Morgan fingerprint density at radius 3 is 2.48 bits per heavy atom. The number of dihydropyridines is 1. The quantitative estimate of drug-likeness (QED) is 0.133. The second kappa shape index (κ2) is 18.3. The fourth-order valence-electron chi connectivity index (χ4n) is 19.3. The van der Waals surface area contributed by atoms with E-state index in [9.17, 15) is 25.2 Å². The number of allylic oxidation sites excluding steroid dienone is 9. The van der Waals surface area contributed by atoms with Crippen LogP contribution in [0.3, 0.4) is 0 Å². The van der Waals surface area contributed by atoms with Gasteiger partial charge >= 0.3 is 5.97 Å². The molecule has 7 nitrogen and oxygen atoms in total. The van der Waals surface area contributed by atoms with Crippen molar-refractivity contribution in [3.8, 4) is 0 Å². The molecule has 388 valence electrons. The smallest absolute Gasteiger partial charge is 0.306 e. The molecular formula is C66H84N2O5. The van der Waals surface area contributed by atoms with Crippen LogP contribution < -0.4 is 21.1 Å². The van der Waals surface area contributed by atoms with Gasteiger partial charge in [0, 0.05) is 41.2 Å². The van der Waals surface area contributed by atoms with Gasteiger partial charge in [-0.25, -0.2) is 0 Å². The van der Waals surface area contributed by atoms with Gasteiger partial charge < -0.3 is 31.1 Å². The van der Waals surface area contributed by atoms with Crippen LogP contribution in [0.1, 0.15) is 155 Å². The Labute approximate surface area is 435 Å². The normalized spacial score (nSPS) is 39.7. The lowest BCUT2D eigenvalue weighted by Gasteiger charge is -2.73. The number of rotatable bonds is 4. The van der Waals surface area contributed by atoms with Crippen molar-refractivity contribution in [1.82, 2.24) is 10.6 Å². The first kappa shape index (κ1) is 49.3. The fourth-order valence-corrected chi connectivity index (χ4v) is 19.3. The maximum Gasteiger partial charge on any atom is 0.306 e. The van der Waals surface area contributed by atoms with Gasteiger partial charge in [0.05, 0.1) is 30.2 Å². The van der Waals surface area contributed by atoms with E-state index in [2.05, 4.69) is 124 Å². The van der Waals surface area contributed by atoms with Gasteiger partial charge in [-0.3, -0.25) is 4.79 Å². The Kier molecular flexibility index (Phi) is 12.4. The highest BCUT2D eigenvalue weighted by atomic mass is 16.4. The highest BCUT2D eigenvalue weighted by Crippen LogP contribution is 2.81. The molecule has 0 radical (unpaired) electrons. The molecule has 6 aliphatic heterocycles. The zero-order valence-electron chi connectivity index (χ0n) is 44.6. The molecule has 7 heteroatoms. The molecule has 14 aliphatic rings. The van der Waals surface area contributed by atoms with E-state index in [0.717, 1.165) is 102 Å². The van der Waals surface area contributed by atoms with Gasteiger partial charge in [0.2, 0.25) is 0 Å². The molecule has 73 heavy (non-hydrogen) atoms. The Morgan fingerprint density at radius 1 is 0.890 bits per heavy atom. The van der Waals surface area contributed by atoms with E-state index >= 15 is 0 Å². The second-order valence-electron chi connectivity index (χ2n) is 26.4. The fraction of sp³-hybridized carbons (Fsp3) is 0.591. The van der Waals surface area contributed by atoms with E-state index < -0.39 is 40.8 Å². The molecule has 0 aromatic heterocycles. The molecule has 16 rings (SSSR count). The number of aliphatic hydroxyl groups is 3. The molecule has 12 atom stereocenters. The summed E-state index contributed by atoms with van der Waals surface area (Å²) in [7, 11) is 0. The minimum Gasteiger partial charge on any atom is -0.516 e. The Morgan fingerprint density at radius 2 is 1.71 bits per heavy atom.